The van der Waals surface area contributed by atoms with Crippen molar-refractivity contribution in [2.75, 3.05) is 24.7 Å². The Bertz CT molecular complexity index is 963. The maximum atomic E-state index is 12.4. The molecule has 1 fully saturated rings. The summed E-state index contributed by atoms with van der Waals surface area (Å²) in [6, 6.07) is 12.0. The minimum atomic E-state index is -0.569. The van der Waals surface area contributed by atoms with E-state index in [1.165, 1.54) is 0 Å². The molecule has 2 aromatic carbocycles. The zero-order valence-electron chi connectivity index (χ0n) is 15.3. The maximum absolute atomic E-state index is 12.4. The van der Waals surface area contributed by atoms with Gasteiger partial charge in [0, 0.05) is 34.8 Å². The van der Waals surface area contributed by atoms with Crippen molar-refractivity contribution in [3.05, 3.63) is 52.5 Å². The molecule has 0 aliphatic carbocycles. The summed E-state index contributed by atoms with van der Waals surface area (Å²) in [6.07, 6.45) is 0.0639. The Morgan fingerprint density at radius 2 is 1.72 bits per heavy atom. The standard InChI is InChI=1S/C20H18BrN3O5/c21-14-3-1-12(2-4-14)19(26)22-23-20(27)13-9-18(25)24(11-13)15-5-6-16-17(10-15)29-8-7-28-16/h1-6,10,13H,7-9,11H2,(H,22,26)(H,23,27)/t13-/m0/s1. The summed E-state index contributed by atoms with van der Waals surface area (Å²) in [4.78, 5) is 38.5. The summed E-state index contributed by atoms with van der Waals surface area (Å²) in [5, 5.41) is 0. The molecular formula is C20H18BrN3O5. The van der Waals surface area contributed by atoms with Gasteiger partial charge in [-0.15, -0.1) is 0 Å². The highest BCUT2D eigenvalue weighted by Crippen LogP contribution is 2.35. The Balaban J connectivity index is 1.36. The van der Waals surface area contributed by atoms with Crippen LogP contribution in [0, 0.1) is 5.92 Å². The van der Waals surface area contributed by atoms with Crippen LogP contribution in [0.4, 0.5) is 5.69 Å². The molecule has 0 spiro atoms. The third-order valence-electron chi connectivity index (χ3n) is 4.74. The zero-order valence-corrected chi connectivity index (χ0v) is 16.9. The van der Waals surface area contributed by atoms with Crippen molar-refractivity contribution >= 4 is 39.3 Å². The maximum Gasteiger partial charge on any atom is 0.269 e. The van der Waals surface area contributed by atoms with Gasteiger partial charge in [-0.2, -0.15) is 0 Å². The molecule has 0 unspecified atom stereocenters. The number of halogens is 1. The SMILES string of the molecule is O=C(NNC(=O)[C@H]1CC(=O)N(c2ccc3c(c2)OCCO3)C1)c1ccc(Br)cc1. The van der Waals surface area contributed by atoms with Crippen LogP contribution in [0.25, 0.3) is 0 Å². The Hall–Kier alpha value is -3.07. The number of amides is 3. The van der Waals surface area contributed by atoms with Crippen LogP contribution in [-0.2, 0) is 9.59 Å². The lowest BCUT2D eigenvalue weighted by molar-refractivity contribution is -0.126. The van der Waals surface area contributed by atoms with E-state index in [1.54, 1.807) is 47.4 Å². The molecule has 1 atom stereocenters. The third-order valence-corrected chi connectivity index (χ3v) is 5.27. The van der Waals surface area contributed by atoms with Gasteiger partial charge in [-0.3, -0.25) is 25.2 Å². The van der Waals surface area contributed by atoms with E-state index in [1.807, 2.05) is 0 Å². The Labute approximate surface area is 175 Å². The largest absolute Gasteiger partial charge is 0.486 e. The van der Waals surface area contributed by atoms with Gasteiger partial charge in [-0.05, 0) is 36.4 Å². The number of fused-ring (bicyclic) bond motifs is 1. The lowest BCUT2D eigenvalue weighted by Crippen LogP contribution is -2.45. The van der Waals surface area contributed by atoms with Crippen molar-refractivity contribution < 1.29 is 23.9 Å². The number of hydrogen-bond acceptors (Lipinski definition) is 5. The second-order valence-electron chi connectivity index (χ2n) is 6.68. The Morgan fingerprint density at radius 1 is 1.00 bits per heavy atom. The van der Waals surface area contributed by atoms with Gasteiger partial charge in [-0.1, -0.05) is 15.9 Å². The van der Waals surface area contributed by atoms with E-state index in [0.29, 0.717) is 36.0 Å². The quantitative estimate of drug-likeness (QED) is 0.684. The monoisotopic (exact) mass is 459 g/mol. The van der Waals surface area contributed by atoms with E-state index in [2.05, 4.69) is 26.8 Å². The first-order chi connectivity index (χ1) is 14.0. The molecule has 1 saturated heterocycles. The number of carbonyl (C=O) groups is 3. The van der Waals surface area contributed by atoms with Crippen molar-refractivity contribution in [3.8, 4) is 11.5 Å². The third kappa shape index (κ3) is 4.19. The molecule has 0 aromatic heterocycles. The number of anilines is 1. The van der Waals surface area contributed by atoms with Gasteiger partial charge in [0.25, 0.3) is 5.91 Å². The summed E-state index contributed by atoms with van der Waals surface area (Å²) in [5.41, 5.74) is 5.85. The van der Waals surface area contributed by atoms with Gasteiger partial charge in [0.1, 0.15) is 13.2 Å². The van der Waals surface area contributed by atoms with Crippen molar-refractivity contribution in [2.24, 2.45) is 5.92 Å². The van der Waals surface area contributed by atoms with Gasteiger partial charge in [-0.25, -0.2) is 0 Å². The first-order valence-corrected chi connectivity index (χ1v) is 9.86. The normalized spacial score (nSPS) is 17.8. The molecule has 150 valence electrons. The molecule has 8 nitrogen and oxygen atoms in total. The minimum absolute atomic E-state index is 0.0639. The van der Waals surface area contributed by atoms with Gasteiger partial charge < -0.3 is 14.4 Å². The van der Waals surface area contributed by atoms with Gasteiger partial charge >= 0.3 is 0 Å². The Morgan fingerprint density at radius 3 is 2.48 bits per heavy atom. The van der Waals surface area contributed by atoms with Crippen molar-refractivity contribution in [2.45, 2.75) is 6.42 Å². The molecule has 2 aromatic rings. The van der Waals surface area contributed by atoms with E-state index in [0.717, 1.165) is 4.47 Å². The molecule has 4 rings (SSSR count). The van der Waals surface area contributed by atoms with Crippen molar-refractivity contribution in [1.29, 1.82) is 0 Å². The first kappa shape index (κ1) is 19.3. The van der Waals surface area contributed by atoms with Crippen LogP contribution in [0.3, 0.4) is 0 Å². The molecule has 0 saturated carbocycles. The number of nitrogens with one attached hydrogen (secondary N) is 2. The van der Waals surface area contributed by atoms with Crippen LogP contribution in [0.1, 0.15) is 16.8 Å². The van der Waals surface area contributed by atoms with Gasteiger partial charge in [0.05, 0.1) is 5.92 Å². The predicted molar refractivity (Wildman–Crippen MR) is 108 cm³/mol. The van der Waals surface area contributed by atoms with Crippen molar-refractivity contribution in [3.63, 3.8) is 0 Å². The summed E-state index contributed by atoms with van der Waals surface area (Å²) in [7, 11) is 0. The molecule has 3 amide bonds. The first-order valence-electron chi connectivity index (χ1n) is 9.07. The molecule has 0 radical (unpaired) electrons. The highest BCUT2D eigenvalue weighted by molar-refractivity contribution is 9.10. The zero-order chi connectivity index (χ0) is 20.4. The fraction of sp³-hybridized carbons (Fsp3) is 0.250. The molecular weight excluding hydrogens is 442 g/mol. The van der Waals surface area contributed by atoms with E-state index in [-0.39, 0.29) is 18.9 Å². The molecule has 2 aliphatic heterocycles. The lowest BCUT2D eigenvalue weighted by atomic mass is 10.1. The molecule has 0 bridgehead atoms. The highest BCUT2D eigenvalue weighted by Gasteiger charge is 2.35. The van der Waals surface area contributed by atoms with E-state index in [4.69, 9.17) is 9.47 Å². The fourth-order valence-corrected chi connectivity index (χ4v) is 3.49. The number of ether oxygens (including phenoxy) is 2. The number of hydrazine groups is 1. The van der Waals surface area contributed by atoms with Crippen LogP contribution in [0.15, 0.2) is 46.9 Å². The summed E-state index contributed by atoms with van der Waals surface area (Å²) in [5.74, 6) is -0.363. The number of nitrogens with zero attached hydrogens (tertiary/aromatic N) is 1. The Kier molecular flexibility index (Phi) is 5.39. The second-order valence-corrected chi connectivity index (χ2v) is 7.60. The highest BCUT2D eigenvalue weighted by atomic mass is 79.9. The van der Waals surface area contributed by atoms with E-state index >= 15 is 0 Å². The predicted octanol–water partition coefficient (Wildman–Crippen LogP) is 2.03. The van der Waals surface area contributed by atoms with E-state index < -0.39 is 17.7 Å². The lowest BCUT2D eigenvalue weighted by Gasteiger charge is -2.22. The smallest absolute Gasteiger partial charge is 0.269 e. The van der Waals surface area contributed by atoms with E-state index in [9.17, 15) is 14.4 Å². The van der Waals surface area contributed by atoms with Crippen LogP contribution in [-0.4, -0.2) is 37.5 Å². The average molecular weight is 460 g/mol. The number of carbonyl (C=O) groups excluding carboxylic acids is 3. The van der Waals surface area contributed by atoms with Gasteiger partial charge in [0.15, 0.2) is 11.5 Å². The van der Waals surface area contributed by atoms with Crippen LogP contribution >= 0.6 is 15.9 Å². The summed E-state index contributed by atoms with van der Waals surface area (Å²) < 4.78 is 11.9. The van der Waals surface area contributed by atoms with Gasteiger partial charge in [0.2, 0.25) is 11.8 Å². The number of rotatable bonds is 3. The number of hydrogen-bond donors (Lipinski definition) is 2. The number of benzene rings is 2. The average Bonchev–Trinajstić information content (AvgIpc) is 3.13. The molecule has 9 heteroatoms. The van der Waals surface area contributed by atoms with Crippen LogP contribution in [0.2, 0.25) is 0 Å². The molecule has 2 N–H and O–H groups in total. The van der Waals surface area contributed by atoms with Crippen molar-refractivity contribution in [1.82, 2.24) is 10.9 Å². The topological polar surface area (TPSA) is 97.0 Å². The van der Waals surface area contributed by atoms with Crippen LogP contribution < -0.4 is 25.2 Å². The summed E-state index contributed by atoms with van der Waals surface area (Å²) in [6.45, 7) is 1.16. The molecule has 2 aliphatic rings. The van der Waals surface area contributed by atoms with Crippen LogP contribution in [0.5, 0.6) is 11.5 Å². The summed E-state index contributed by atoms with van der Waals surface area (Å²) >= 11 is 3.30. The second kappa shape index (κ2) is 8.12. The fourth-order valence-electron chi connectivity index (χ4n) is 3.23. The molecule has 2 heterocycles. The minimum Gasteiger partial charge on any atom is -0.486 e. The molecule has 29 heavy (non-hydrogen) atoms.